The van der Waals surface area contributed by atoms with Crippen LogP contribution in [-0.2, 0) is 21.0 Å². The third kappa shape index (κ3) is 5.79. The maximum Gasteiger partial charge on any atom is 0.410 e. The van der Waals surface area contributed by atoms with Gasteiger partial charge in [-0.15, -0.1) is 0 Å². The Balaban J connectivity index is 1.55. The molecule has 0 saturated carbocycles. The van der Waals surface area contributed by atoms with Crippen LogP contribution in [0.15, 0.2) is 33.7 Å². The fourth-order valence-corrected chi connectivity index (χ4v) is 3.83. The molecule has 1 fully saturated rings. The van der Waals surface area contributed by atoms with E-state index in [2.05, 4.69) is 10.1 Å². The molecule has 1 aromatic carbocycles. The number of nitrogens with zero attached hydrogens (tertiary/aromatic N) is 3. The highest BCUT2D eigenvalue weighted by molar-refractivity contribution is 7.90. The molecule has 0 spiro atoms. The van der Waals surface area contributed by atoms with Crippen LogP contribution in [-0.4, -0.2) is 54.5 Å². The molecule has 0 bridgehead atoms. The fourth-order valence-electron chi connectivity index (χ4n) is 3.20. The molecule has 0 atom stereocenters. The number of ether oxygens (including phenoxy) is 1. The van der Waals surface area contributed by atoms with Gasteiger partial charge < -0.3 is 14.2 Å². The first kappa shape index (κ1) is 21.3. The van der Waals surface area contributed by atoms with Gasteiger partial charge in [0.25, 0.3) is 0 Å². The first-order valence-electron chi connectivity index (χ1n) is 9.62. The van der Waals surface area contributed by atoms with Crippen molar-refractivity contribution < 1.29 is 22.5 Å². The van der Waals surface area contributed by atoms with Gasteiger partial charge in [-0.05, 0) is 63.8 Å². The quantitative estimate of drug-likeness (QED) is 0.746. The zero-order valence-corrected chi connectivity index (χ0v) is 18.0. The molecule has 1 aromatic heterocycles. The Morgan fingerprint density at radius 2 is 1.83 bits per heavy atom. The number of aromatic nitrogens is 2. The second-order valence-corrected chi connectivity index (χ2v) is 10.4. The standard InChI is InChI=1S/C20H27N3O5S/c1-20(2,3)27-19(24)23-11-9-14(10-12-23)13-17-21-18(22-28-17)15-5-7-16(8-6-15)29(4,25)26/h5-8,14H,9-13H2,1-4H3. The normalized spacial score (nSPS) is 16.1. The molecule has 2 aromatic rings. The Morgan fingerprint density at radius 3 is 2.38 bits per heavy atom. The number of hydrogen-bond donors (Lipinski definition) is 0. The van der Waals surface area contributed by atoms with E-state index in [1.165, 1.54) is 18.4 Å². The highest BCUT2D eigenvalue weighted by Crippen LogP contribution is 2.24. The molecule has 0 radical (unpaired) electrons. The minimum Gasteiger partial charge on any atom is -0.444 e. The average molecular weight is 422 g/mol. The van der Waals surface area contributed by atoms with Crippen LogP contribution >= 0.6 is 0 Å². The summed E-state index contributed by atoms with van der Waals surface area (Å²) in [6.07, 6.45) is 3.24. The van der Waals surface area contributed by atoms with Crippen molar-refractivity contribution in [2.45, 2.75) is 50.5 Å². The van der Waals surface area contributed by atoms with E-state index in [0.29, 0.717) is 42.7 Å². The molecule has 1 aliphatic rings. The minimum atomic E-state index is -3.24. The van der Waals surface area contributed by atoms with Crippen molar-refractivity contribution >= 4 is 15.9 Å². The second-order valence-electron chi connectivity index (χ2n) is 8.42. The van der Waals surface area contributed by atoms with Gasteiger partial charge in [-0.25, -0.2) is 13.2 Å². The highest BCUT2D eigenvalue weighted by atomic mass is 32.2. The molecule has 1 saturated heterocycles. The summed E-state index contributed by atoms with van der Waals surface area (Å²) < 4.78 is 33.9. The van der Waals surface area contributed by atoms with Crippen molar-refractivity contribution in [3.8, 4) is 11.4 Å². The van der Waals surface area contributed by atoms with Crippen molar-refractivity contribution in [3.63, 3.8) is 0 Å². The van der Waals surface area contributed by atoms with E-state index in [-0.39, 0.29) is 11.0 Å². The second kappa shape index (κ2) is 8.14. The number of sulfone groups is 1. The third-order valence-electron chi connectivity index (χ3n) is 4.74. The van der Waals surface area contributed by atoms with Gasteiger partial charge in [0.2, 0.25) is 11.7 Å². The van der Waals surface area contributed by atoms with Gasteiger partial charge in [-0.2, -0.15) is 4.98 Å². The Morgan fingerprint density at radius 1 is 1.21 bits per heavy atom. The van der Waals surface area contributed by atoms with Gasteiger partial charge in [-0.1, -0.05) is 5.16 Å². The van der Waals surface area contributed by atoms with Crippen LogP contribution in [0.25, 0.3) is 11.4 Å². The van der Waals surface area contributed by atoms with E-state index >= 15 is 0 Å². The minimum absolute atomic E-state index is 0.252. The summed E-state index contributed by atoms with van der Waals surface area (Å²) in [4.78, 5) is 18.6. The van der Waals surface area contributed by atoms with E-state index in [9.17, 15) is 13.2 Å². The Hall–Kier alpha value is -2.42. The molecule has 8 nitrogen and oxygen atoms in total. The van der Waals surface area contributed by atoms with Gasteiger partial charge in [0.15, 0.2) is 9.84 Å². The van der Waals surface area contributed by atoms with Crippen LogP contribution in [0.3, 0.4) is 0 Å². The van der Waals surface area contributed by atoms with Crippen LogP contribution in [0, 0.1) is 5.92 Å². The number of rotatable bonds is 4. The number of carbonyl (C=O) groups is 1. The Labute approximate surface area is 171 Å². The van der Waals surface area contributed by atoms with Crippen LogP contribution in [0.2, 0.25) is 0 Å². The van der Waals surface area contributed by atoms with E-state index in [0.717, 1.165) is 12.8 Å². The van der Waals surface area contributed by atoms with Crippen LogP contribution in [0.5, 0.6) is 0 Å². The molecule has 1 amide bonds. The van der Waals surface area contributed by atoms with Crippen molar-refractivity contribution in [1.29, 1.82) is 0 Å². The number of benzene rings is 1. The lowest BCUT2D eigenvalue weighted by molar-refractivity contribution is 0.0182. The summed E-state index contributed by atoms with van der Waals surface area (Å²) in [5, 5.41) is 4.01. The predicted octanol–water partition coefficient (Wildman–Crippen LogP) is 3.33. The summed E-state index contributed by atoms with van der Waals surface area (Å²) in [5.41, 5.74) is 0.209. The lowest BCUT2D eigenvalue weighted by Crippen LogP contribution is -2.42. The van der Waals surface area contributed by atoms with Crippen molar-refractivity contribution in [1.82, 2.24) is 15.0 Å². The Kier molecular flexibility index (Phi) is 5.97. The molecule has 0 aliphatic carbocycles. The van der Waals surface area contributed by atoms with Crippen LogP contribution < -0.4 is 0 Å². The van der Waals surface area contributed by atoms with Gasteiger partial charge >= 0.3 is 6.09 Å². The number of hydrogen-bond acceptors (Lipinski definition) is 7. The fraction of sp³-hybridized carbons (Fsp3) is 0.550. The maximum absolute atomic E-state index is 12.2. The SMILES string of the molecule is CC(C)(C)OC(=O)N1CCC(Cc2nc(-c3ccc(S(C)(=O)=O)cc3)no2)CC1. The largest absolute Gasteiger partial charge is 0.444 e. The molecule has 0 N–H and O–H groups in total. The third-order valence-corrected chi connectivity index (χ3v) is 5.87. The molecule has 3 rings (SSSR count). The first-order valence-corrected chi connectivity index (χ1v) is 11.5. The summed E-state index contributed by atoms with van der Waals surface area (Å²) in [6, 6.07) is 6.41. The maximum atomic E-state index is 12.2. The summed E-state index contributed by atoms with van der Waals surface area (Å²) in [7, 11) is -3.24. The molecule has 0 unspecified atom stereocenters. The summed E-state index contributed by atoms with van der Waals surface area (Å²) >= 11 is 0. The molecule has 2 heterocycles. The van der Waals surface area contributed by atoms with E-state index in [4.69, 9.17) is 9.26 Å². The van der Waals surface area contributed by atoms with Crippen molar-refractivity contribution in [3.05, 3.63) is 30.2 Å². The van der Waals surface area contributed by atoms with Crippen LogP contribution in [0.4, 0.5) is 4.79 Å². The van der Waals surface area contributed by atoms with E-state index in [1.54, 1.807) is 17.0 Å². The molecule has 9 heteroatoms. The molecule has 1 aliphatic heterocycles. The predicted molar refractivity (Wildman–Crippen MR) is 107 cm³/mol. The molecular weight excluding hydrogens is 394 g/mol. The number of likely N-dealkylation sites (tertiary alicyclic amines) is 1. The van der Waals surface area contributed by atoms with E-state index < -0.39 is 15.4 Å². The molecule has 158 valence electrons. The van der Waals surface area contributed by atoms with Gasteiger partial charge in [-0.3, -0.25) is 0 Å². The zero-order valence-electron chi connectivity index (χ0n) is 17.2. The van der Waals surface area contributed by atoms with Crippen molar-refractivity contribution in [2.75, 3.05) is 19.3 Å². The zero-order chi connectivity index (χ0) is 21.2. The van der Waals surface area contributed by atoms with Gasteiger partial charge in [0, 0.05) is 31.3 Å². The number of carbonyl (C=O) groups excluding carboxylic acids is 1. The highest BCUT2D eigenvalue weighted by Gasteiger charge is 2.27. The number of piperidine rings is 1. The molecular formula is C20H27N3O5S. The average Bonchev–Trinajstić information content (AvgIpc) is 3.09. The monoisotopic (exact) mass is 421 g/mol. The van der Waals surface area contributed by atoms with Gasteiger partial charge in [0.1, 0.15) is 5.60 Å². The Bertz CT molecular complexity index is 953. The first-order chi connectivity index (χ1) is 13.5. The lowest BCUT2D eigenvalue weighted by Gasteiger charge is -2.33. The lowest BCUT2D eigenvalue weighted by atomic mass is 9.94. The smallest absolute Gasteiger partial charge is 0.410 e. The van der Waals surface area contributed by atoms with Crippen LogP contribution in [0.1, 0.15) is 39.5 Å². The summed E-state index contributed by atoms with van der Waals surface area (Å²) in [5.74, 6) is 1.34. The van der Waals surface area contributed by atoms with E-state index in [1.807, 2.05) is 20.8 Å². The van der Waals surface area contributed by atoms with Gasteiger partial charge in [0.05, 0.1) is 4.90 Å². The summed E-state index contributed by atoms with van der Waals surface area (Å²) in [6.45, 7) is 6.87. The molecule has 29 heavy (non-hydrogen) atoms. The topological polar surface area (TPSA) is 103 Å². The number of amides is 1. The van der Waals surface area contributed by atoms with Crippen molar-refractivity contribution in [2.24, 2.45) is 5.92 Å².